The standard InChI is InChI=1S/C20H21N3O3S/c1-2-16(14-24)23(13-18-8-4-11-27-18)19(25)15-6-3-7-17(12-15)26-20-21-9-5-10-22-20/h3-12,16,24H,2,13-14H2,1H3/t16-/m0/s1. The van der Waals surface area contributed by atoms with Crippen molar-refractivity contribution in [1.82, 2.24) is 14.9 Å². The third kappa shape index (κ3) is 4.90. The number of aliphatic hydroxyl groups is 1. The Bertz CT molecular complexity index is 852. The van der Waals surface area contributed by atoms with Crippen LogP contribution < -0.4 is 4.74 Å². The van der Waals surface area contributed by atoms with Crippen LogP contribution in [-0.4, -0.2) is 38.5 Å². The number of carbonyl (C=O) groups excluding carboxylic acids is 1. The predicted octanol–water partition coefficient (Wildman–Crippen LogP) is 3.74. The van der Waals surface area contributed by atoms with Crippen LogP contribution in [0.4, 0.5) is 0 Å². The number of rotatable bonds is 8. The van der Waals surface area contributed by atoms with E-state index in [1.807, 2.05) is 24.4 Å². The normalized spacial score (nSPS) is 11.8. The number of thiophene rings is 1. The zero-order chi connectivity index (χ0) is 19.1. The van der Waals surface area contributed by atoms with Crippen LogP contribution in [0.5, 0.6) is 11.8 Å². The van der Waals surface area contributed by atoms with Gasteiger partial charge in [-0.25, -0.2) is 9.97 Å². The molecule has 7 heteroatoms. The van der Waals surface area contributed by atoms with Crippen LogP contribution in [0.2, 0.25) is 0 Å². The minimum atomic E-state index is -0.248. The highest BCUT2D eigenvalue weighted by Gasteiger charge is 2.24. The predicted molar refractivity (Wildman–Crippen MR) is 104 cm³/mol. The second-order valence-corrected chi connectivity index (χ2v) is 6.95. The monoisotopic (exact) mass is 383 g/mol. The van der Waals surface area contributed by atoms with Gasteiger partial charge < -0.3 is 14.7 Å². The van der Waals surface area contributed by atoms with Gasteiger partial charge in [-0.3, -0.25) is 4.79 Å². The highest BCUT2D eigenvalue weighted by molar-refractivity contribution is 7.09. The molecule has 0 fully saturated rings. The lowest BCUT2D eigenvalue weighted by Crippen LogP contribution is -2.41. The van der Waals surface area contributed by atoms with E-state index in [1.165, 1.54) is 0 Å². The molecule has 2 aromatic heterocycles. The van der Waals surface area contributed by atoms with Gasteiger partial charge in [-0.15, -0.1) is 11.3 Å². The van der Waals surface area contributed by atoms with Gasteiger partial charge in [0.25, 0.3) is 5.91 Å². The van der Waals surface area contributed by atoms with Crippen LogP contribution in [0.1, 0.15) is 28.6 Å². The van der Waals surface area contributed by atoms with Gasteiger partial charge in [-0.05, 0) is 42.1 Å². The van der Waals surface area contributed by atoms with Crippen molar-refractivity contribution in [2.75, 3.05) is 6.61 Å². The van der Waals surface area contributed by atoms with Gasteiger partial charge in [0, 0.05) is 22.8 Å². The lowest BCUT2D eigenvalue weighted by molar-refractivity contribution is 0.0566. The van der Waals surface area contributed by atoms with E-state index < -0.39 is 0 Å². The maximum atomic E-state index is 13.2. The molecule has 140 valence electrons. The molecule has 0 aliphatic carbocycles. The van der Waals surface area contributed by atoms with Crippen molar-refractivity contribution in [1.29, 1.82) is 0 Å². The number of ether oxygens (including phenoxy) is 1. The molecule has 0 aliphatic rings. The van der Waals surface area contributed by atoms with Crippen molar-refractivity contribution < 1.29 is 14.6 Å². The molecule has 3 rings (SSSR count). The second kappa shape index (κ2) is 9.25. The Morgan fingerprint density at radius 2 is 2.04 bits per heavy atom. The van der Waals surface area contributed by atoms with Gasteiger partial charge in [0.05, 0.1) is 19.2 Å². The average Bonchev–Trinajstić information content (AvgIpc) is 3.22. The van der Waals surface area contributed by atoms with E-state index in [4.69, 9.17) is 4.74 Å². The zero-order valence-corrected chi connectivity index (χ0v) is 15.8. The van der Waals surface area contributed by atoms with Gasteiger partial charge in [-0.2, -0.15) is 0 Å². The molecule has 1 aromatic carbocycles. The number of benzene rings is 1. The van der Waals surface area contributed by atoms with Crippen molar-refractivity contribution in [3.05, 3.63) is 70.7 Å². The van der Waals surface area contributed by atoms with Gasteiger partial charge in [0.15, 0.2) is 0 Å². The number of aromatic nitrogens is 2. The highest BCUT2D eigenvalue weighted by atomic mass is 32.1. The van der Waals surface area contributed by atoms with E-state index in [0.717, 1.165) is 4.88 Å². The molecule has 0 spiro atoms. The smallest absolute Gasteiger partial charge is 0.321 e. The molecule has 6 nitrogen and oxygen atoms in total. The number of nitrogens with zero attached hydrogens (tertiary/aromatic N) is 3. The minimum absolute atomic E-state index is 0.0817. The van der Waals surface area contributed by atoms with Crippen LogP contribution in [-0.2, 0) is 6.54 Å². The summed E-state index contributed by atoms with van der Waals surface area (Å²) in [5, 5.41) is 11.7. The Hall–Kier alpha value is -2.77. The van der Waals surface area contributed by atoms with Gasteiger partial charge in [0.1, 0.15) is 5.75 Å². The molecule has 3 aromatic rings. The van der Waals surface area contributed by atoms with Crippen molar-refractivity contribution in [3.63, 3.8) is 0 Å². The van der Waals surface area contributed by atoms with Gasteiger partial charge in [-0.1, -0.05) is 19.1 Å². The van der Waals surface area contributed by atoms with Crippen molar-refractivity contribution in [2.24, 2.45) is 0 Å². The quantitative estimate of drug-likeness (QED) is 0.641. The van der Waals surface area contributed by atoms with Crippen LogP contribution in [0.25, 0.3) is 0 Å². The van der Waals surface area contributed by atoms with Crippen LogP contribution in [0.3, 0.4) is 0 Å². The number of carbonyl (C=O) groups is 1. The molecule has 0 bridgehead atoms. The summed E-state index contributed by atoms with van der Waals surface area (Å²) in [5.74, 6) is 0.337. The maximum Gasteiger partial charge on any atom is 0.321 e. The largest absolute Gasteiger partial charge is 0.424 e. The first kappa shape index (κ1) is 19.0. The average molecular weight is 383 g/mol. The molecule has 0 aliphatic heterocycles. The molecule has 0 radical (unpaired) electrons. The fourth-order valence-electron chi connectivity index (χ4n) is 2.69. The summed E-state index contributed by atoms with van der Waals surface area (Å²) in [7, 11) is 0. The summed E-state index contributed by atoms with van der Waals surface area (Å²) in [6.45, 7) is 2.34. The molecule has 1 atom stereocenters. The highest BCUT2D eigenvalue weighted by Crippen LogP contribution is 2.22. The van der Waals surface area contributed by atoms with E-state index in [0.29, 0.717) is 24.3 Å². The Morgan fingerprint density at radius 3 is 2.70 bits per heavy atom. The molecule has 27 heavy (non-hydrogen) atoms. The lowest BCUT2D eigenvalue weighted by atomic mass is 10.1. The van der Waals surface area contributed by atoms with E-state index in [9.17, 15) is 9.90 Å². The molecule has 0 saturated carbocycles. The van der Waals surface area contributed by atoms with E-state index in [2.05, 4.69) is 9.97 Å². The molecule has 0 unspecified atom stereocenters. The van der Waals surface area contributed by atoms with Crippen LogP contribution in [0, 0.1) is 0 Å². The molecular formula is C20H21N3O3S. The third-order valence-electron chi connectivity index (χ3n) is 4.12. The molecule has 1 N–H and O–H groups in total. The topological polar surface area (TPSA) is 75.5 Å². The van der Waals surface area contributed by atoms with Gasteiger partial charge >= 0.3 is 6.01 Å². The van der Waals surface area contributed by atoms with Gasteiger partial charge in [0.2, 0.25) is 0 Å². The Balaban J connectivity index is 1.83. The fourth-order valence-corrected chi connectivity index (χ4v) is 3.39. The summed E-state index contributed by atoms with van der Waals surface area (Å²) in [6.07, 6.45) is 3.85. The second-order valence-electron chi connectivity index (χ2n) is 5.92. The maximum absolute atomic E-state index is 13.2. The van der Waals surface area contributed by atoms with Crippen LogP contribution in [0.15, 0.2) is 60.2 Å². The van der Waals surface area contributed by atoms with E-state index in [-0.39, 0.29) is 24.6 Å². The van der Waals surface area contributed by atoms with Crippen LogP contribution >= 0.6 is 11.3 Å². The number of amides is 1. The zero-order valence-electron chi connectivity index (χ0n) is 15.0. The SMILES string of the molecule is CC[C@@H](CO)N(Cc1cccs1)C(=O)c1cccc(Oc2ncccn2)c1. The number of aliphatic hydroxyl groups excluding tert-OH is 1. The Labute approximate surface area is 162 Å². The summed E-state index contributed by atoms with van der Waals surface area (Å²) in [5.41, 5.74) is 0.492. The van der Waals surface area contributed by atoms with Crippen molar-refractivity contribution in [3.8, 4) is 11.8 Å². The molecular weight excluding hydrogens is 362 g/mol. The van der Waals surface area contributed by atoms with E-state index >= 15 is 0 Å². The van der Waals surface area contributed by atoms with E-state index in [1.54, 1.807) is 59.0 Å². The lowest BCUT2D eigenvalue weighted by Gasteiger charge is -2.29. The summed E-state index contributed by atoms with van der Waals surface area (Å²) in [6, 6.07) is 12.5. The molecule has 1 amide bonds. The molecule has 2 heterocycles. The first-order valence-electron chi connectivity index (χ1n) is 8.70. The molecule has 0 saturated heterocycles. The fraction of sp³-hybridized carbons (Fsp3) is 0.250. The first-order valence-corrected chi connectivity index (χ1v) is 9.58. The minimum Gasteiger partial charge on any atom is -0.424 e. The third-order valence-corrected chi connectivity index (χ3v) is 4.98. The number of hydrogen-bond donors (Lipinski definition) is 1. The van der Waals surface area contributed by atoms with Crippen molar-refractivity contribution in [2.45, 2.75) is 25.9 Å². The van der Waals surface area contributed by atoms with Crippen molar-refractivity contribution >= 4 is 17.2 Å². The first-order chi connectivity index (χ1) is 13.2. The number of hydrogen-bond acceptors (Lipinski definition) is 6. The summed E-state index contributed by atoms with van der Waals surface area (Å²) < 4.78 is 5.63. The Morgan fingerprint density at radius 1 is 1.22 bits per heavy atom. The summed E-state index contributed by atoms with van der Waals surface area (Å²) in [4.78, 5) is 24.0. The Kier molecular flexibility index (Phi) is 6.51. The summed E-state index contributed by atoms with van der Waals surface area (Å²) >= 11 is 1.59.